The molecule has 0 amide bonds. The standard InChI is InChI=1S/C15H20O4/c1-4-6-11-7-8-12(10-14(16)18-3)13(9-11)15(17)19-5-2/h7-9H,4-6,10H2,1-3H3. The highest BCUT2D eigenvalue weighted by Crippen LogP contribution is 2.16. The summed E-state index contributed by atoms with van der Waals surface area (Å²) < 4.78 is 9.66. The average Bonchev–Trinajstić information content (AvgIpc) is 2.40. The first-order chi connectivity index (χ1) is 9.12. The maximum atomic E-state index is 11.9. The van der Waals surface area contributed by atoms with Crippen LogP contribution in [-0.4, -0.2) is 25.7 Å². The van der Waals surface area contributed by atoms with E-state index in [2.05, 4.69) is 11.7 Å². The predicted molar refractivity (Wildman–Crippen MR) is 72.1 cm³/mol. The Bertz CT molecular complexity index is 451. The van der Waals surface area contributed by atoms with Crippen LogP contribution in [0.1, 0.15) is 41.8 Å². The summed E-state index contributed by atoms with van der Waals surface area (Å²) in [6.45, 7) is 4.15. The Morgan fingerprint density at radius 3 is 2.53 bits per heavy atom. The van der Waals surface area contributed by atoms with Gasteiger partial charge in [0.25, 0.3) is 0 Å². The van der Waals surface area contributed by atoms with Crippen LogP contribution in [0.5, 0.6) is 0 Å². The van der Waals surface area contributed by atoms with Gasteiger partial charge in [-0.3, -0.25) is 4.79 Å². The van der Waals surface area contributed by atoms with E-state index in [1.165, 1.54) is 7.11 Å². The van der Waals surface area contributed by atoms with Crippen molar-refractivity contribution in [2.75, 3.05) is 13.7 Å². The topological polar surface area (TPSA) is 52.6 Å². The molecule has 0 fully saturated rings. The van der Waals surface area contributed by atoms with E-state index in [9.17, 15) is 9.59 Å². The van der Waals surface area contributed by atoms with Crippen molar-refractivity contribution in [3.05, 3.63) is 34.9 Å². The fraction of sp³-hybridized carbons (Fsp3) is 0.467. The Morgan fingerprint density at radius 1 is 1.21 bits per heavy atom. The summed E-state index contributed by atoms with van der Waals surface area (Å²) in [6.07, 6.45) is 1.97. The Kier molecular flexibility index (Phi) is 6.06. The van der Waals surface area contributed by atoms with Gasteiger partial charge < -0.3 is 9.47 Å². The summed E-state index contributed by atoms with van der Waals surface area (Å²) in [4.78, 5) is 23.3. The molecule has 0 radical (unpaired) electrons. The van der Waals surface area contributed by atoms with E-state index in [0.717, 1.165) is 18.4 Å². The van der Waals surface area contributed by atoms with Crippen LogP contribution in [-0.2, 0) is 27.1 Å². The van der Waals surface area contributed by atoms with Crippen LogP contribution in [0, 0.1) is 0 Å². The summed E-state index contributed by atoms with van der Waals surface area (Å²) in [5.74, 6) is -0.756. The van der Waals surface area contributed by atoms with Gasteiger partial charge in [0.1, 0.15) is 0 Å². The molecule has 19 heavy (non-hydrogen) atoms. The molecule has 1 aromatic rings. The van der Waals surface area contributed by atoms with Crippen LogP contribution in [0.3, 0.4) is 0 Å². The molecular weight excluding hydrogens is 244 g/mol. The molecule has 4 heteroatoms. The minimum absolute atomic E-state index is 0.0804. The lowest BCUT2D eigenvalue weighted by Gasteiger charge is -2.10. The molecule has 0 spiro atoms. The first kappa shape index (κ1) is 15.2. The van der Waals surface area contributed by atoms with E-state index in [1.807, 2.05) is 6.07 Å². The van der Waals surface area contributed by atoms with E-state index >= 15 is 0 Å². The molecule has 0 saturated carbocycles. The van der Waals surface area contributed by atoms with Gasteiger partial charge in [-0.2, -0.15) is 0 Å². The van der Waals surface area contributed by atoms with E-state index in [1.54, 1.807) is 19.1 Å². The Morgan fingerprint density at radius 2 is 1.95 bits per heavy atom. The number of hydrogen-bond acceptors (Lipinski definition) is 4. The number of rotatable bonds is 6. The number of carbonyl (C=O) groups excluding carboxylic acids is 2. The molecule has 104 valence electrons. The summed E-state index contributed by atoms with van der Waals surface area (Å²) >= 11 is 0. The zero-order valence-electron chi connectivity index (χ0n) is 11.7. The van der Waals surface area contributed by atoms with Crippen molar-refractivity contribution in [3.63, 3.8) is 0 Å². The lowest BCUT2D eigenvalue weighted by Crippen LogP contribution is -2.13. The van der Waals surface area contributed by atoms with Gasteiger partial charge >= 0.3 is 11.9 Å². The molecule has 0 atom stereocenters. The highest BCUT2D eigenvalue weighted by Gasteiger charge is 2.16. The second kappa shape index (κ2) is 7.56. The molecule has 0 saturated heterocycles. The van der Waals surface area contributed by atoms with Gasteiger partial charge in [0, 0.05) is 0 Å². The second-order valence-electron chi connectivity index (χ2n) is 4.21. The van der Waals surface area contributed by atoms with E-state index < -0.39 is 0 Å². The molecule has 0 aromatic heterocycles. The van der Waals surface area contributed by atoms with Crippen molar-refractivity contribution < 1.29 is 19.1 Å². The van der Waals surface area contributed by atoms with Gasteiger partial charge in [-0.15, -0.1) is 0 Å². The lowest BCUT2D eigenvalue weighted by atomic mass is 9.99. The summed E-state index contributed by atoms with van der Waals surface area (Å²) in [5, 5.41) is 0. The maximum Gasteiger partial charge on any atom is 0.338 e. The predicted octanol–water partition coefficient (Wildman–Crippen LogP) is 2.53. The molecule has 4 nitrogen and oxygen atoms in total. The minimum atomic E-state index is -0.389. The van der Waals surface area contributed by atoms with Gasteiger partial charge in [0.05, 0.1) is 25.7 Å². The summed E-state index contributed by atoms with van der Waals surface area (Å²) in [6, 6.07) is 5.54. The summed E-state index contributed by atoms with van der Waals surface area (Å²) in [5.41, 5.74) is 2.17. The van der Waals surface area contributed by atoms with Crippen LogP contribution < -0.4 is 0 Å². The molecule has 0 N–H and O–H groups in total. The molecule has 0 aliphatic rings. The van der Waals surface area contributed by atoms with E-state index in [0.29, 0.717) is 17.7 Å². The van der Waals surface area contributed by atoms with Crippen molar-refractivity contribution in [3.8, 4) is 0 Å². The summed E-state index contributed by atoms with van der Waals surface area (Å²) in [7, 11) is 1.33. The third kappa shape index (κ3) is 4.39. The van der Waals surface area contributed by atoms with Gasteiger partial charge in [-0.1, -0.05) is 25.5 Å². The third-order valence-corrected chi connectivity index (χ3v) is 2.77. The lowest BCUT2D eigenvalue weighted by molar-refractivity contribution is -0.139. The fourth-order valence-electron chi connectivity index (χ4n) is 1.85. The molecule has 0 aliphatic heterocycles. The molecule has 0 bridgehead atoms. The quantitative estimate of drug-likeness (QED) is 0.741. The number of benzene rings is 1. The molecule has 1 aromatic carbocycles. The highest BCUT2D eigenvalue weighted by molar-refractivity contribution is 5.92. The minimum Gasteiger partial charge on any atom is -0.469 e. The molecule has 0 heterocycles. The number of ether oxygens (including phenoxy) is 2. The number of esters is 2. The van der Waals surface area contributed by atoms with Crippen LogP contribution in [0.15, 0.2) is 18.2 Å². The van der Waals surface area contributed by atoms with Gasteiger partial charge in [-0.05, 0) is 30.5 Å². The maximum absolute atomic E-state index is 11.9. The smallest absolute Gasteiger partial charge is 0.338 e. The Balaban J connectivity index is 3.06. The Labute approximate surface area is 113 Å². The average molecular weight is 264 g/mol. The number of hydrogen-bond donors (Lipinski definition) is 0. The van der Waals surface area contributed by atoms with Gasteiger partial charge in [0.15, 0.2) is 0 Å². The largest absolute Gasteiger partial charge is 0.469 e. The third-order valence-electron chi connectivity index (χ3n) is 2.77. The molecule has 1 rings (SSSR count). The van der Waals surface area contributed by atoms with Crippen molar-refractivity contribution in [2.45, 2.75) is 33.1 Å². The second-order valence-corrected chi connectivity index (χ2v) is 4.21. The zero-order valence-corrected chi connectivity index (χ0v) is 11.7. The first-order valence-electron chi connectivity index (χ1n) is 6.48. The molecule has 0 unspecified atom stereocenters. The number of carbonyl (C=O) groups is 2. The van der Waals surface area contributed by atoms with E-state index in [4.69, 9.17) is 4.74 Å². The van der Waals surface area contributed by atoms with Crippen molar-refractivity contribution >= 4 is 11.9 Å². The Hall–Kier alpha value is -1.84. The SMILES string of the molecule is CCCc1ccc(CC(=O)OC)c(C(=O)OCC)c1. The zero-order chi connectivity index (χ0) is 14.3. The van der Waals surface area contributed by atoms with Crippen LogP contribution in [0.2, 0.25) is 0 Å². The van der Waals surface area contributed by atoms with Gasteiger partial charge in [-0.25, -0.2) is 4.79 Å². The molecular formula is C15H20O4. The van der Waals surface area contributed by atoms with E-state index in [-0.39, 0.29) is 18.4 Å². The van der Waals surface area contributed by atoms with Crippen LogP contribution in [0.25, 0.3) is 0 Å². The van der Waals surface area contributed by atoms with Crippen molar-refractivity contribution in [1.29, 1.82) is 0 Å². The van der Waals surface area contributed by atoms with Gasteiger partial charge in [0.2, 0.25) is 0 Å². The normalized spacial score (nSPS) is 10.1. The fourth-order valence-corrected chi connectivity index (χ4v) is 1.85. The van der Waals surface area contributed by atoms with Crippen molar-refractivity contribution in [2.24, 2.45) is 0 Å². The highest BCUT2D eigenvalue weighted by atomic mass is 16.5. The van der Waals surface area contributed by atoms with Crippen LogP contribution in [0.4, 0.5) is 0 Å². The van der Waals surface area contributed by atoms with Crippen LogP contribution >= 0.6 is 0 Å². The number of methoxy groups -OCH3 is 1. The van der Waals surface area contributed by atoms with Crippen molar-refractivity contribution in [1.82, 2.24) is 0 Å². The number of aryl methyl sites for hydroxylation is 1. The molecule has 0 aliphatic carbocycles. The first-order valence-corrected chi connectivity index (χ1v) is 6.48. The monoisotopic (exact) mass is 264 g/mol.